The Morgan fingerprint density at radius 1 is 1.47 bits per heavy atom. The Morgan fingerprint density at radius 3 is 2.80 bits per heavy atom. The van der Waals surface area contributed by atoms with Crippen molar-refractivity contribution in [2.24, 2.45) is 0 Å². The van der Waals surface area contributed by atoms with Crippen molar-refractivity contribution in [2.45, 2.75) is 19.9 Å². The molecular formula is C9H8FN5. The monoisotopic (exact) mass is 205 g/mol. The van der Waals surface area contributed by atoms with Crippen LogP contribution in [0.15, 0.2) is 6.20 Å². The minimum absolute atomic E-state index is 0.0587. The predicted octanol–water partition coefficient (Wildman–Crippen LogP) is 1.42. The molecule has 2 aromatic heterocycles. The summed E-state index contributed by atoms with van der Waals surface area (Å²) in [5, 5.41) is 12.9. The van der Waals surface area contributed by atoms with Gasteiger partial charge in [-0.1, -0.05) is 0 Å². The number of hydrogen-bond acceptors (Lipinski definition) is 4. The molecule has 0 spiro atoms. The molecule has 2 rings (SSSR count). The average Bonchev–Trinajstić information content (AvgIpc) is 2.61. The molecule has 0 fully saturated rings. The molecule has 0 aliphatic rings. The van der Waals surface area contributed by atoms with Gasteiger partial charge in [-0.2, -0.15) is 24.7 Å². The molecular weight excluding hydrogens is 197 g/mol. The first-order valence-electron chi connectivity index (χ1n) is 4.44. The first-order valence-corrected chi connectivity index (χ1v) is 4.44. The zero-order valence-electron chi connectivity index (χ0n) is 8.27. The van der Waals surface area contributed by atoms with Crippen molar-refractivity contribution >= 4 is 11.0 Å². The summed E-state index contributed by atoms with van der Waals surface area (Å²) in [6.07, 6.45) is 1.37. The molecule has 5 nitrogen and oxygen atoms in total. The van der Waals surface area contributed by atoms with Crippen molar-refractivity contribution < 1.29 is 4.39 Å². The fourth-order valence-electron chi connectivity index (χ4n) is 1.32. The third kappa shape index (κ3) is 1.42. The molecule has 0 aliphatic heterocycles. The quantitative estimate of drug-likeness (QED) is 0.660. The van der Waals surface area contributed by atoms with Gasteiger partial charge in [-0.05, 0) is 13.8 Å². The van der Waals surface area contributed by atoms with Gasteiger partial charge in [0.25, 0.3) is 0 Å². The molecule has 2 aromatic rings. The summed E-state index contributed by atoms with van der Waals surface area (Å²) in [4.78, 5) is 7.32. The summed E-state index contributed by atoms with van der Waals surface area (Å²) in [6.45, 7) is 3.80. The van der Waals surface area contributed by atoms with Crippen LogP contribution in [0.2, 0.25) is 0 Å². The highest BCUT2D eigenvalue weighted by Gasteiger charge is 2.13. The van der Waals surface area contributed by atoms with Crippen LogP contribution in [0.5, 0.6) is 0 Å². The van der Waals surface area contributed by atoms with Crippen molar-refractivity contribution in [1.82, 2.24) is 19.7 Å². The van der Waals surface area contributed by atoms with E-state index in [1.165, 1.54) is 6.20 Å². The molecule has 0 aliphatic carbocycles. The molecule has 0 amide bonds. The Bertz CT molecular complexity index is 551. The lowest BCUT2D eigenvalue weighted by molar-refractivity contribution is 0.544. The van der Waals surface area contributed by atoms with Gasteiger partial charge in [-0.25, -0.2) is 4.68 Å². The molecule has 0 N–H and O–H groups in total. The van der Waals surface area contributed by atoms with Crippen molar-refractivity contribution in [3.05, 3.63) is 18.0 Å². The maximum absolute atomic E-state index is 13.4. The average molecular weight is 205 g/mol. The van der Waals surface area contributed by atoms with Crippen molar-refractivity contribution in [3.8, 4) is 6.07 Å². The van der Waals surface area contributed by atoms with E-state index in [9.17, 15) is 4.39 Å². The standard InChI is InChI=1S/C9H8FN5/c1-5(2)15-9-6(4-12-15)8(10)13-7(3-11)14-9/h4-5H,1-2H3. The lowest BCUT2D eigenvalue weighted by atomic mass is 10.4. The molecule has 0 unspecified atom stereocenters. The van der Waals surface area contributed by atoms with Crippen molar-refractivity contribution in [1.29, 1.82) is 5.26 Å². The summed E-state index contributed by atoms with van der Waals surface area (Å²) in [5.41, 5.74) is 0.356. The Morgan fingerprint density at radius 2 is 2.20 bits per heavy atom. The van der Waals surface area contributed by atoms with Crippen LogP contribution < -0.4 is 0 Å². The molecule has 0 aromatic carbocycles. The van der Waals surface area contributed by atoms with Crippen LogP contribution in [0, 0.1) is 17.3 Å². The zero-order chi connectivity index (χ0) is 11.0. The Kier molecular flexibility index (Phi) is 2.08. The summed E-state index contributed by atoms with van der Waals surface area (Å²) in [6, 6.07) is 1.77. The predicted molar refractivity (Wildman–Crippen MR) is 50.4 cm³/mol. The third-order valence-electron chi connectivity index (χ3n) is 2.00. The van der Waals surface area contributed by atoms with Crippen LogP contribution in [0.4, 0.5) is 4.39 Å². The molecule has 6 heteroatoms. The van der Waals surface area contributed by atoms with Gasteiger partial charge in [0.2, 0.25) is 11.8 Å². The SMILES string of the molecule is CC(C)n1ncc2c(F)nc(C#N)nc21. The second-order valence-corrected chi connectivity index (χ2v) is 3.37. The van der Waals surface area contributed by atoms with Crippen LogP contribution in [0.1, 0.15) is 25.7 Å². The number of rotatable bonds is 1. The van der Waals surface area contributed by atoms with Gasteiger partial charge in [-0.15, -0.1) is 0 Å². The number of halogens is 1. The number of hydrogen-bond donors (Lipinski definition) is 0. The van der Waals surface area contributed by atoms with Gasteiger partial charge in [0.15, 0.2) is 5.65 Å². The number of nitrogens with zero attached hydrogens (tertiary/aromatic N) is 5. The fourth-order valence-corrected chi connectivity index (χ4v) is 1.32. The van der Waals surface area contributed by atoms with Crippen molar-refractivity contribution in [3.63, 3.8) is 0 Å². The van der Waals surface area contributed by atoms with E-state index in [4.69, 9.17) is 5.26 Å². The van der Waals surface area contributed by atoms with Gasteiger partial charge in [0, 0.05) is 6.04 Å². The van der Waals surface area contributed by atoms with E-state index >= 15 is 0 Å². The fraction of sp³-hybridized carbons (Fsp3) is 0.333. The number of aromatic nitrogens is 4. The Hall–Kier alpha value is -2.03. The van der Waals surface area contributed by atoms with Gasteiger partial charge in [-0.3, -0.25) is 0 Å². The van der Waals surface area contributed by atoms with E-state index in [-0.39, 0.29) is 17.3 Å². The van der Waals surface area contributed by atoms with E-state index in [0.717, 1.165) is 0 Å². The summed E-state index contributed by atoms with van der Waals surface area (Å²) >= 11 is 0. The summed E-state index contributed by atoms with van der Waals surface area (Å²) in [5.74, 6) is -0.883. The largest absolute Gasteiger partial charge is 0.245 e. The number of fused-ring (bicyclic) bond motifs is 1. The van der Waals surface area contributed by atoms with Gasteiger partial charge in [0.05, 0.1) is 11.6 Å². The molecule has 0 saturated carbocycles. The van der Waals surface area contributed by atoms with Crippen LogP contribution in [0.25, 0.3) is 11.0 Å². The van der Waals surface area contributed by atoms with Gasteiger partial charge >= 0.3 is 0 Å². The van der Waals surface area contributed by atoms with Crippen molar-refractivity contribution in [2.75, 3.05) is 0 Å². The topological polar surface area (TPSA) is 67.4 Å². The highest BCUT2D eigenvalue weighted by Crippen LogP contribution is 2.17. The summed E-state index contributed by atoms with van der Waals surface area (Å²) < 4.78 is 14.9. The van der Waals surface area contributed by atoms with E-state index < -0.39 is 5.95 Å². The maximum atomic E-state index is 13.4. The minimum Gasteiger partial charge on any atom is -0.245 e. The Labute approximate surface area is 85.2 Å². The molecule has 0 saturated heterocycles. The first kappa shape index (κ1) is 9.52. The second-order valence-electron chi connectivity index (χ2n) is 3.37. The smallest absolute Gasteiger partial charge is 0.236 e. The molecule has 0 radical (unpaired) electrons. The first-order chi connectivity index (χ1) is 7.13. The molecule has 0 bridgehead atoms. The van der Waals surface area contributed by atoms with E-state index in [0.29, 0.717) is 5.65 Å². The zero-order valence-corrected chi connectivity index (χ0v) is 8.27. The number of nitriles is 1. The van der Waals surface area contributed by atoms with E-state index in [1.807, 2.05) is 13.8 Å². The highest BCUT2D eigenvalue weighted by molar-refractivity contribution is 5.74. The second kappa shape index (κ2) is 3.28. The van der Waals surface area contributed by atoms with Gasteiger partial charge < -0.3 is 0 Å². The molecule has 2 heterocycles. The third-order valence-corrected chi connectivity index (χ3v) is 2.00. The summed E-state index contributed by atoms with van der Waals surface area (Å²) in [7, 11) is 0. The van der Waals surface area contributed by atoms with Crippen LogP contribution in [-0.4, -0.2) is 19.7 Å². The lowest BCUT2D eigenvalue weighted by Gasteiger charge is -2.05. The Balaban J connectivity index is 2.80. The van der Waals surface area contributed by atoms with E-state index in [2.05, 4.69) is 15.1 Å². The molecule has 76 valence electrons. The van der Waals surface area contributed by atoms with Crippen LogP contribution in [-0.2, 0) is 0 Å². The lowest BCUT2D eigenvalue weighted by Crippen LogP contribution is -2.05. The molecule has 0 atom stereocenters. The maximum Gasteiger partial charge on any atom is 0.236 e. The molecule has 15 heavy (non-hydrogen) atoms. The highest BCUT2D eigenvalue weighted by atomic mass is 19.1. The van der Waals surface area contributed by atoms with E-state index in [1.54, 1.807) is 10.8 Å². The van der Waals surface area contributed by atoms with Crippen LogP contribution in [0.3, 0.4) is 0 Å². The normalized spacial score (nSPS) is 10.9. The minimum atomic E-state index is -0.705. The van der Waals surface area contributed by atoms with Gasteiger partial charge in [0.1, 0.15) is 6.07 Å². The van der Waals surface area contributed by atoms with Crippen LogP contribution >= 0.6 is 0 Å².